The molecule has 6 heteroatoms. The van der Waals surface area contributed by atoms with Crippen molar-refractivity contribution in [3.05, 3.63) is 59.4 Å². The Morgan fingerprint density at radius 2 is 2.25 bits per heavy atom. The molecule has 0 spiro atoms. The second-order valence-corrected chi connectivity index (χ2v) is 6.19. The van der Waals surface area contributed by atoms with Crippen LogP contribution in [-0.4, -0.2) is 45.4 Å². The zero-order valence-corrected chi connectivity index (χ0v) is 14.7. The van der Waals surface area contributed by atoms with Crippen molar-refractivity contribution in [3.8, 4) is 5.69 Å². The molecular formula is C18H22ClN3O2. The zero-order chi connectivity index (χ0) is 17.7. The number of carbonyl (C=O) groups is 1. The summed E-state index contributed by atoms with van der Waals surface area (Å²) in [6.45, 7) is 8.22. The summed E-state index contributed by atoms with van der Waals surface area (Å²) in [5, 5.41) is 14.2. The first kappa shape index (κ1) is 18.2. The van der Waals surface area contributed by atoms with E-state index < -0.39 is 0 Å². The summed E-state index contributed by atoms with van der Waals surface area (Å²) < 4.78 is 1.74. The Hall–Kier alpha value is -2.11. The van der Waals surface area contributed by atoms with E-state index in [1.54, 1.807) is 27.9 Å². The van der Waals surface area contributed by atoms with E-state index in [0.29, 0.717) is 17.1 Å². The maximum absolute atomic E-state index is 12.8. The van der Waals surface area contributed by atoms with Crippen molar-refractivity contribution in [1.82, 2.24) is 14.7 Å². The van der Waals surface area contributed by atoms with Crippen molar-refractivity contribution in [2.45, 2.75) is 19.8 Å². The van der Waals surface area contributed by atoms with E-state index in [2.05, 4.69) is 11.7 Å². The summed E-state index contributed by atoms with van der Waals surface area (Å²) in [7, 11) is 0. The molecule has 0 atom stereocenters. The fourth-order valence-corrected chi connectivity index (χ4v) is 2.80. The highest BCUT2D eigenvalue weighted by molar-refractivity contribution is 6.30. The van der Waals surface area contributed by atoms with Gasteiger partial charge >= 0.3 is 0 Å². The number of aliphatic hydroxyl groups excluding tert-OH is 1. The minimum Gasteiger partial charge on any atom is -0.395 e. The molecule has 128 valence electrons. The molecule has 0 aliphatic rings. The number of aliphatic hydroxyl groups is 1. The molecule has 0 unspecified atom stereocenters. The fourth-order valence-electron chi connectivity index (χ4n) is 2.61. The van der Waals surface area contributed by atoms with Crippen LogP contribution >= 0.6 is 11.6 Å². The van der Waals surface area contributed by atoms with Crippen LogP contribution in [0.1, 0.15) is 35.8 Å². The first-order valence-corrected chi connectivity index (χ1v) is 8.22. The first-order chi connectivity index (χ1) is 11.5. The third kappa shape index (κ3) is 3.86. The van der Waals surface area contributed by atoms with Crippen LogP contribution in [0.2, 0.25) is 5.02 Å². The van der Waals surface area contributed by atoms with Gasteiger partial charge in [0.1, 0.15) is 0 Å². The highest BCUT2D eigenvalue weighted by atomic mass is 35.5. The molecule has 5 nitrogen and oxygen atoms in total. The quantitative estimate of drug-likeness (QED) is 0.782. The number of hydrogen-bond acceptors (Lipinski definition) is 3. The van der Waals surface area contributed by atoms with E-state index in [0.717, 1.165) is 11.4 Å². The molecule has 0 aliphatic carbocycles. The van der Waals surface area contributed by atoms with Gasteiger partial charge in [0, 0.05) is 18.1 Å². The van der Waals surface area contributed by atoms with Gasteiger partial charge in [0.05, 0.1) is 29.7 Å². The number of rotatable bonds is 7. The summed E-state index contributed by atoms with van der Waals surface area (Å²) >= 11 is 6.07. The van der Waals surface area contributed by atoms with Gasteiger partial charge in [-0.15, -0.1) is 6.58 Å². The van der Waals surface area contributed by atoms with E-state index in [4.69, 9.17) is 11.6 Å². The molecule has 1 aromatic heterocycles. The van der Waals surface area contributed by atoms with Crippen LogP contribution in [-0.2, 0) is 0 Å². The van der Waals surface area contributed by atoms with Crippen molar-refractivity contribution in [2.75, 3.05) is 19.7 Å². The van der Waals surface area contributed by atoms with Crippen LogP contribution in [0.15, 0.2) is 43.1 Å². The highest BCUT2D eigenvalue weighted by Gasteiger charge is 2.24. The van der Waals surface area contributed by atoms with Crippen molar-refractivity contribution in [2.24, 2.45) is 0 Å². The molecular weight excluding hydrogens is 326 g/mol. The summed E-state index contributed by atoms with van der Waals surface area (Å²) in [5.74, 6) is -0.0777. The molecule has 24 heavy (non-hydrogen) atoms. The van der Waals surface area contributed by atoms with Crippen molar-refractivity contribution in [1.29, 1.82) is 0 Å². The van der Waals surface area contributed by atoms with Crippen LogP contribution < -0.4 is 0 Å². The first-order valence-electron chi connectivity index (χ1n) is 7.84. The molecule has 0 saturated heterocycles. The average molecular weight is 348 g/mol. The van der Waals surface area contributed by atoms with Gasteiger partial charge < -0.3 is 10.0 Å². The monoisotopic (exact) mass is 347 g/mol. The molecule has 0 fully saturated rings. The van der Waals surface area contributed by atoms with Crippen LogP contribution in [0, 0.1) is 0 Å². The topological polar surface area (TPSA) is 58.4 Å². The predicted molar refractivity (Wildman–Crippen MR) is 95.8 cm³/mol. The van der Waals surface area contributed by atoms with E-state index in [-0.39, 0.29) is 25.0 Å². The second kappa shape index (κ2) is 8.13. The number of benzene rings is 1. The van der Waals surface area contributed by atoms with E-state index in [9.17, 15) is 9.90 Å². The molecule has 1 heterocycles. The average Bonchev–Trinajstić information content (AvgIpc) is 2.99. The Labute approximate surface area is 147 Å². The summed E-state index contributed by atoms with van der Waals surface area (Å²) in [4.78, 5) is 14.4. The molecule has 2 rings (SSSR count). The molecule has 1 amide bonds. The number of amides is 1. The second-order valence-electron chi connectivity index (χ2n) is 5.75. The Morgan fingerprint density at radius 1 is 1.50 bits per heavy atom. The number of halogens is 1. The maximum atomic E-state index is 12.8. The molecule has 0 saturated carbocycles. The fraction of sp³-hybridized carbons (Fsp3) is 0.333. The minimum absolute atomic E-state index is 0.0881. The van der Waals surface area contributed by atoms with Gasteiger partial charge in [0.25, 0.3) is 5.91 Å². The SMILES string of the molecule is C=CCN(CCO)C(=O)c1cnn(-c2cccc(Cl)c2)c1C(C)C. The lowest BCUT2D eigenvalue weighted by atomic mass is 10.0. The van der Waals surface area contributed by atoms with Gasteiger partial charge in [-0.3, -0.25) is 4.79 Å². The normalized spacial score (nSPS) is 10.9. The van der Waals surface area contributed by atoms with E-state index in [1.165, 1.54) is 0 Å². The highest BCUT2D eigenvalue weighted by Crippen LogP contribution is 2.25. The zero-order valence-electron chi connectivity index (χ0n) is 13.9. The molecule has 1 N–H and O–H groups in total. The molecule has 0 bridgehead atoms. The van der Waals surface area contributed by atoms with E-state index >= 15 is 0 Å². The van der Waals surface area contributed by atoms with Crippen LogP contribution in [0.5, 0.6) is 0 Å². The standard InChI is InChI=1S/C18H22ClN3O2/c1-4-8-21(9-10-23)18(24)16-12-20-22(17(16)13(2)3)15-7-5-6-14(19)11-15/h4-7,11-13,23H,1,8-10H2,2-3H3. The molecule has 2 aromatic rings. The van der Waals surface area contributed by atoms with Crippen LogP contribution in [0.4, 0.5) is 0 Å². The van der Waals surface area contributed by atoms with E-state index in [1.807, 2.05) is 32.0 Å². The number of hydrogen-bond donors (Lipinski definition) is 1. The van der Waals surface area contributed by atoms with Gasteiger partial charge in [-0.05, 0) is 24.1 Å². The Balaban J connectivity index is 2.48. The Bertz CT molecular complexity index is 725. The predicted octanol–water partition coefficient (Wildman–Crippen LogP) is 3.27. The van der Waals surface area contributed by atoms with Gasteiger partial charge in [0.15, 0.2) is 0 Å². The Kier molecular flexibility index (Phi) is 6.17. The Morgan fingerprint density at radius 3 is 2.83 bits per heavy atom. The molecule has 0 radical (unpaired) electrons. The van der Waals surface area contributed by atoms with Gasteiger partial charge in [-0.2, -0.15) is 5.10 Å². The lowest BCUT2D eigenvalue weighted by molar-refractivity contribution is 0.0741. The van der Waals surface area contributed by atoms with Crippen molar-refractivity contribution >= 4 is 17.5 Å². The lowest BCUT2D eigenvalue weighted by Crippen LogP contribution is -2.34. The maximum Gasteiger partial charge on any atom is 0.257 e. The third-order valence-corrected chi connectivity index (χ3v) is 3.88. The summed E-state index contributed by atoms with van der Waals surface area (Å²) in [6, 6.07) is 7.35. The summed E-state index contributed by atoms with van der Waals surface area (Å²) in [5.41, 5.74) is 2.15. The largest absolute Gasteiger partial charge is 0.395 e. The number of nitrogens with zero attached hydrogens (tertiary/aromatic N) is 3. The molecule has 1 aromatic carbocycles. The third-order valence-electron chi connectivity index (χ3n) is 3.64. The van der Waals surface area contributed by atoms with Crippen molar-refractivity contribution in [3.63, 3.8) is 0 Å². The van der Waals surface area contributed by atoms with Crippen molar-refractivity contribution < 1.29 is 9.90 Å². The van der Waals surface area contributed by atoms with Crippen LogP contribution in [0.25, 0.3) is 5.69 Å². The molecule has 0 aliphatic heterocycles. The smallest absolute Gasteiger partial charge is 0.257 e. The van der Waals surface area contributed by atoms with Crippen LogP contribution in [0.3, 0.4) is 0 Å². The lowest BCUT2D eigenvalue weighted by Gasteiger charge is -2.21. The number of carbonyl (C=O) groups excluding carboxylic acids is 1. The summed E-state index contributed by atoms with van der Waals surface area (Å²) in [6.07, 6.45) is 3.22. The van der Waals surface area contributed by atoms with Gasteiger partial charge in [0.2, 0.25) is 0 Å². The minimum atomic E-state index is -0.166. The van der Waals surface area contributed by atoms with Gasteiger partial charge in [-0.1, -0.05) is 37.6 Å². The van der Waals surface area contributed by atoms with Gasteiger partial charge in [-0.25, -0.2) is 4.68 Å². The number of aromatic nitrogens is 2.